The summed E-state index contributed by atoms with van der Waals surface area (Å²) in [5, 5.41) is 2.84. The summed E-state index contributed by atoms with van der Waals surface area (Å²) in [7, 11) is 0. The Morgan fingerprint density at radius 2 is 2.10 bits per heavy atom. The molecule has 0 aliphatic heterocycles. The van der Waals surface area contributed by atoms with E-state index in [1.807, 2.05) is 18.2 Å². The van der Waals surface area contributed by atoms with Crippen LogP contribution in [0.25, 0.3) is 0 Å². The van der Waals surface area contributed by atoms with Crippen LogP contribution < -0.4 is 5.32 Å². The van der Waals surface area contributed by atoms with Crippen LogP contribution in [0.2, 0.25) is 5.02 Å². The summed E-state index contributed by atoms with van der Waals surface area (Å²) in [6, 6.07) is 9.05. The summed E-state index contributed by atoms with van der Waals surface area (Å²) in [4.78, 5) is 22.8. The molecule has 0 amide bonds. The number of hydrogen-bond acceptors (Lipinski definition) is 5. The molecule has 2 rings (SSSR count). The van der Waals surface area contributed by atoms with Crippen molar-refractivity contribution in [3.05, 3.63) is 46.7 Å². The number of aldehydes is 1. The van der Waals surface area contributed by atoms with Gasteiger partial charge in [0, 0.05) is 5.69 Å². The van der Waals surface area contributed by atoms with Crippen molar-refractivity contribution >= 4 is 35.4 Å². The molecule has 5 nitrogen and oxygen atoms in total. The number of carbonyl (C=O) groups excluding carboxylic acids is 2. The smallest absolute Gasteiger partial charge is 0.345 e. The number of benzene rings is 1. The predicted octanol–water partition coefficient (Wildman–Crippen LogP) is 3.67. The molecule has 0 fully saturated rings. The third kappa shape index (κ3) is 2.83. The number of nitrogens with one attached hydrogen (secondary N) is 1. The fourth-order valence-electron chi connectivity index (χ4n) is 1.63. The molecule has 0 aliphatic rings. The SMILES string of the molecule is CCOC(=O)c1c(Nc2ccccc2)oc(C=O)c1Cl. The van der Waals surface area contributed by atoms with Gasteiger partial charge in [0.25, 0.3) is 0 Å². The van der Waals surface area contributed by atoms with E-state index >= 15 is 0 Å². The second-order valence-corrected chi connectivity index (χ2v) is 4.19. The van der Waals surface area contributed by atoms with E-state index < -0.39 is 5.97 Å². The maximum atomic E-state index is 11.9. The van der Waals surface area contributed by atoms with E-state index in [1.54, 1.807) is 19.1 Å². The number of para-hydroxylation sites is 1. The largest absolute Gasteiger partial charge is 0.462 e. The van der Waals surface area contributed by atoms with Crippen molar-refractivity contribution < 1.29 is 18.7 Å². The molecule has 20 heavy (non-hydrogen) atoms. The van der Waals surface area contributed by atoms with Gasteiger partial charge in [0.1, 0.15) is 10.6 Å². The van der Waals surface area contributed by atoms with Crippen LogP contribution in [0.15, 0.2) is 34.7 Å². The number of furan rings is 1. The Hall–Kier alpha value is -2.27. The molecule has 1 N–H and O–H groups in total. The Bertz CT molecular complexity index is 622. The predicted molar refractivity (Wildman–Crippen MR) is 74.8 cm³/mol. The van der Waals surface area contributed by atoms with Crippen molar-refractivity contribution in [1.82, 2.24) is 0 Å². The molecule has 0 spiro atoms. The molecule has 104 valence electrons. The first-order valence-corrected chi connectivity index (χ1v) is 6.31. The van der Waals surface area contributed by atoms with Crippen LogP contribution in [0, 0.1) is 0 Å². The van der Waals surface area contributed by atoms with Gasteiger partial charge in [-0.15, -0.1) is 0 Å². The van der Waals surface area contributed by atoms with Gasteiger partial charge in [-0.1, -0.05) is 29.8 Å². The highest BCUT2D eigenvalue weighted by atomic mass is 35.5. The van der Waals surface area contributed by atoms with Crippen LogP contribution in [0.4, 0.5) is 11.6 Å². The third-order valence-electron chi connectivity index (χ3n) is 2.49. The Balaban J connectivity index is 2.41. The molecule has 1 aromatic carbocycles. The molecule has 2 aromatic rings. The lowest BCUT2D eigenvalue weighted by Crippen LogP contribution is -2.06. The minimum absolute atomic E-state index is 0.0134. The van der Waals surface area contributed by atoms with Gasteiger partial charge in [0.05, 0.1) is 6.61 Å². The zero-order chi connectivity index (χ0) is 14.5. The summed E-state index contributed by atoms with van der Waals surface area (Å²) < 4.78 is 10.2. The molecule has 0 radical (unpaired) electrons. The maximum Gasteiger partial charge on any atom is 0.345 e. The van der Waals surface area contributed by atoms with Gasteiger partial charge in [-0.2, -0.15) is 0 Å². The van der Waals surface area contributed by atoms with Crippen molar-refractivity contribution in [3.63, 3.8) is 0 Å². The fraction of sp³-hybridized carbons (Fsp3) is 0.143. The van der Waals surface area contributed by atoms with Gasteiger partial charge >= 0.3 is 5.97 Å². The van der Waals surface area contributed by atoms with Crippen LogP contribution in [0.5, 0.6) is 0 Å². The van der Waals surface area contributed by atoms with Crippen molar-refractivity contribution in [2.75, 3.05) is 11.9 Å². The minimum Gasteiger partial charge on any atom is -0.462 e. The lowest BCUT2D eigenvalue weighted by molar-refractivity contribution is 0.0527. The highest BCUT2D eigenvalue weighted by Crippen LogP contribution is 2.33. The van der Waals surface area contributed by atoms with Crippen LogP contribution in [-0.2, 0) is 4.74 Å². The number of halogens is 1. The first-order chi connectivity index (χ1) is 9.67. The van der Waals surface area contributed by atoms with E-state index in [2.05, 4.69) is 5.32 Å². The molecule has 0 saturated heterocycles. The third-order valence-corrected chi connectivity index (χ3v) is 2.87. The molecular weight excluding hydrogens is 282 g/mol. The number of anilines is 2. The second kappa shape index (κ2) is 6.25. The normalized spacial score (nSPS) is 10.1. The summed E-state index contributed by atoms with van der Waals surface area (Å²) in [6.45, 7) is 1.87. The lowest BCUT2D eigenvalue weighted by atomic mass is 10.2. The fourth-order valence-corrected chi connectivity index (χ4v) is 1.88. The van der Waals surface area contributed by atoms with Crippen molar-refractivity contribution in [2.45, 2.75) is 6.92 Å². The molecule has 1 aromatic heterocycles. The quantitative estimate of drug-likeness (QED) is 0.673. The molecule has 0 aliphatic carbocycles. The van der Waals surface area contributed by atoms with E-state index in [4.69, 9.17) is 20.8 Å². The minimum atomic E-state index is -0.646. The topological polar surface area (TPSA) is 68.5 Å². The Kier molecular flexibility index (Phi) is 4.42. The zero-order valence-electron chi connectivity index (χ0n) is 10.7. The Morgan fingerprint density at radius 1 is 1.40 bits per heavy atom. The number of esters is 1. The van der Waals surface area contributed by atoms with Crippen LogP contribution in [0.1, 0.15) is 27.8 Å². The second-order valence-electron chi connectivity index (χ2n) is 3.81. The summed E-state index contributed by atoms with van der Waals surface area (Å²) in [6.07, 6.45) is 0.446. The number of carbonyl (C=O) groups is 2. The summed E-state index contributed by atoms with van der Waals surface area (Å²) in [5.41, 5.74) is 0.709. The standard InChI is InChI=1S/C14H12ClNO4/c1-2-19-14(18)11-12(15)10(8-17)20-13(11)16-9-6-4-3-5-7-9/h3-8,16H,2H2,1H3. The highest BCUT2D eigenvalue weighted by molar-refractivity contribution is 6.36. The van der Waals surface area contributed by atoms with Crippen molar-refractivity contribution in [1.29, 1.82) is 0 Å². The van der Waals surface area contributed by atoms with Gasteiger partial charge in [0.15, 0.2) is 12.0 Å². The molecule has 0 bridgehead atoms. The van der Waals surface area contributed by atoms with Gasteiger partial charge in [-0.3, -0.25) is 4.79 Å². The average molecular weight is 294 g/mol. The van der Waals surface area contributed by atoms with Gasteiger partial charge < -0.3 is 14.5 Å². The Morgan fingerprint density at radius 3 is 2.70 bits per heavy atom. The summed E-state index contributed by atoms with van der Waals surface area (Å²) in [5.74, 6) is -0.678. The molecule has 0 atom stereocenters. The molecule has 1 heterocycles. The van der Waals surface area contributed by atoms with Gasteiger partial charge in [-0.25, -0.2) is 4.79 Å². The Labute approximate surface area is 120 Å². The van der Waals surface area contributed by atoms with Crippen LogP contribution in [-0.4, -0.2) is 18.9 Å². The maximum absolute atomic E-state index is 11.9. The van der Waals surface area contributed by atoms with Gasteiger partial charge in [-0.05, 0) is 19.1 Å². The van der Waals surface area contributed by atoms with E-state index in [9.17, 15) is 9.59 Å². The molecule has 0 unspecified atom stereocenters. The van der Waals surface area contributed by atoms with E-state index in [0.717, 1.165) is 0 Å². The zero-order valence-corrected chi connectivity index (χ0v) is 11.4. The highest BCUT2D eigenvalue weighted by Gasteiger charge is 2.25. The van der Waals surface area contributed by atoms with E-state index in [-0.39, 0.29) is 28.8 Å². The molecule has 0 saturated carbocycles. The number of rotatable bonds is 5. The molecular formula is C14H12ClNO4. The number of ether oxygens (including phenoxy) is 1. The average Bonchev–Trinajstić information content (AvgIpc) is 2.76. The van der Waals surface area contributed by atoms with E-state index in [1.165, 1.54) is 0 Å². The van der Waals surface area contributed by atoms with Crippen molar-refractivity contribution in [3.8, 4) is 0 Å². The monoisotopic (exact) mass is 293 g/mol. The lowest BCUT2D eigenvalue weighted by Gasteiger charge is -2.05. The van der Waals surface area contributed by atoms with Gasteiger partial charge in [0.2, 0.25) is 5.88 Å². The van der Waals surface area contributed by atoms with Crippen LogP contribution >= 0.6 is 11.6 Å². The van der Waals surface area contributed by atoms with E-state index in [0.29, 0.717) is 12.0 Å². The van der Waals surface area contributed by atoms with Crippen LogP contribution in [0.3, 0.4) is 0 Å². The summed E-state index contributed by atoms with van der Waals surface area (Å²) >= 11 is 5.96. The number of hydrogen-bond donors (Lipinski definition) is 1. The molecule has 6 heteroatoms. The first kappa shape index (κ1) is 14.1. The van der Waals surface area contributed by atoms with Crippen molar-refractivity contribution in [2.24, 2.45) is 0 Å². The first-order valence-electron chi connectivity index (χ1n) is 5.94.